The first-order valence-electron chi connectivity index (χ1n) is 5.10. The molecule has 0 spiro atoms. The third kappa shape index (κ3) is 3.24. The SMILES string of the molecule is CC(C)(C)C=C1C=CC=CC1N(O)C(=O)O. The molecule has 1 aliphatic carbocycles. The maximum Gasteiger partial charge on any atom is 0.432 e. The zero-order valence-electron chi connectivity index (χ0n) is 9.71. The van der Waals surface area contributed by atoms with Crippen molar-refractivity contribution >= 4 is 6.09 Å². The minimum absolute atomic E-state index is 0.0670. The lowest BCUT2D eigenvalue weighted by Crippen LogP contribution is -2.37. The predicted molar refractivity (Wildman–Crippen MR) is 61.3 cm³/mol. The number of hydrogen-bond donors (Lipinski definition) is 2. The molecule has 0 aromatic rings. The number of allylic oxidation sites excluding steroid dienone is 3. The second-order valence-corrected chi connectivity index (χ2v) is 4.83. The average molecular weight is 223 g/mol. The summed E-state index contributed by atoms with van der Waals surface area (Å²) in [6, 6.07) is -0.623. The zero-order valence-corrected chi connectivity index (χ0v) is 9.71. The molecular formula is C12H17NO3. The minimum atomic E-state index is -1.36. The standard InChI is InChI=1S/C12H17NO3/c1-12(2,3)8-9-6-4-5-7-10(9)13(16)11(14)15/h4-8,10,16H,1-3H3,(H,14,15). The lowest BCUT2D eigenvalue weighted by molar-refractivity contribution is -0.0746. The highest BCUT2D eigenvalue weighted by atomic mass is 16.6. The summed E-state index contributed by atoms with van der Waals surface area (Å²) in [6.45, 7) is 6.06. The number of carboxylic acid groups (broad SMARTS) is 1. The molecule has 1 unspecified atom stereocenters. The van der Waals surface area contributed by atoms with E-state index in [1.807, 2.05) is 39.0 Å². The van der Waals surface area contributed by atoms with Crippen molar-refractivity contribution in [2.24, 2.45) is 5.41 Å². The minimum Gasteiger partial charge on any atom is -0.463 e. The molecule has 0 aliphatic heterocycles. The maximum absolute atomic E-state index is 10.7. The molecule has 1 amide bonds. The van der Waals surface area contributed by atoms with Crippen LogP contribution in [-0.4, -0.2) is 27.5 Å². The van der Waals surface area contributed by atoms with Gasteiger partial charge in [0.15, 0.2) is 0 Å². The molecule has 88 valence electrons. The lowest BCUT2D eigenvalue weighted by atomic mass is 9.89. The maximum atomic E-state index is 10.7. The molecule has 1 rings (SSSR count). The summed E-state index contributed by atoms with van der Waals surface area (Å²) in [7, 11) is 0. The van der Waals surface area contributed by atoms with Gasteiger partial charge in [-0.1, -0.05) is 51.2 Å². The third-order valence-corrected chi connectivity index (χ3v) is 2.09. The summed E-state index contributed by atoms with van der Waals surface area (Å²) >= 11 is 0. The van der Waals surface area contributed by atoms with Crippen LogP contribution in [0.5, 0.6) is 0 Å². The van der Waals surface area contributed by atoms with Gasteiger partial charge in [-0.3, -0.25) is 5.21 Å². The van der Waals surface area contributed by atoms with Crippen molar-refractivity contribution in [3.8, 4) is 0 Å². The van der Waals surface area contributed by atoms with Crippen molar-refractivity contribution in [1.82, 2.24) is 5.06 Å². The van der Waals surface area contributed by atoms with E-state index in [9.17, 15) is 10.0 Å². The van der Waals surface area contributed by atoms with Crippen LogP contribution < -0.4 is 0 Å². The highest BCUT2D eigenvalue weighted by Crippen LogP contribution is 2.24. The van der Waals surface area contributed by atoms with Gasteiger partial charge in [0.1, 0.15) is 6.04 Å². The average Bonchev–Trinajstić information content (AvgIpc) is 2.15. The van der Waals surface area contributed by atoms with Gasteiger partial charge in [0.2, 0.25) is 0 Å². The number of nitrogens with zero attached hydrogens (tertiary/aromatic N) is 1. The van der Waals surface area contributed by atoms with Gasteiger partial charge >= 0.3 is 6.09 Å². The highest BCUT2D eigenvalue weighted by molar-refractivity contribution is 5.65. The fourth-order valence-corrected chi connectivity index (χ4v) is 1.52. The molecule has 0 fully saturated rings. The van der Waals surface area contributed by atoms with Crippen molar-refractivity contribution in [2.75, 3.05) is 0 Å². The van der Waals surface area contributed by atoms with Gasteiger partial charge in [0.05, 0.1) is 0 Å². The molecule has 0 heterocycles. The van der Waals surface area contributed by atoms with Crippen LogP contribution in [0.3, 0.4) is 0 Å². The van der Waals surface area contributed by atoms with Crippen molar-refractivity contribution in [3.05, 3.63) is 36.0 Å². The topological polar surface area (TPSA) is 60.8 Å². The van der Waals surface area contributed by atoms with Crippen LogP contribution in [0.15, 0.2) is 36.0 Å². The van der Waals surface area contributed by atoms with Crippen LogP contribution in [0.4, 0.5) is 4.79 Å². The van der Waals surface area contributed by atoms with Crippen LogP contribution >= 0.6 is 0 Å². The van der Waals surface area contributed by atoms with Gasteiger partial charge < -0.3 is 5.11 Å². The molecule has 0 radical (unpaired) electrons. The summed E-state index contributed by atoms with van der Waals surface area (Å²) in [4.78, 5) is 10.7. The Morgan fingerprint density at radius 2 is 2.06 bits per heavy atom. The molecule has 4 nitrogen and oxygen atoms in total. The highest BCUT2D eigenvalue weighted by Gasteiger charge is 2.24. The molecule has 4 heteroatoms. The number of hydrogen-bond acceptors (Lipinski definition) is 2. The largest absolute Gasteiger partial charge is 0.463 e. The van der Waals surface area contributed by atoms with Crippen LogP contribution in [-0.2, 0) is 0 Å². The number of amides is 1. The van der Waals surface area contributed by atoms with Gasteiger partial charge in [-0.15, -0.1) is 0 Å². The molecule has 1 atom stereocenters. The Labute approximate surface area is 95.1 Å². The fourth-order valence-electron chi connectivity index (χ4n) is 1.52. The molecule has 2 N–H and O–H groups in total. The van der Waals surface area contributed by atoms with E-state index in [1.165, 1.54) is 0 Å². The Bertz CT molecular complexity index is 361. The fraction of sp³-hybridized carbons (Fsp3) is 0.417. The van der Waals surface area contributed by atoms with Crippen molar-refractivity contribution < 1.29 is 15.1 Å². The molecule has 0 bridgehead atoms. The molecule has 0 aromatic carbocycles. The number of rotatable bonds is 1. The monoisotopic (exact) mass is 223 g/mol. The normalized spacial score (nSPS) is 22.5. The van der Waals surface area contributed by atoms with Crippen molar-refractivity contribution in [2.45, 2.75) is 26.8 Å². The first-order valence-corrected chi connectivity index (χ1v) is 5.10. The molecule has 1 aliphatic rings. The number of carbonyl (C=O) groups is 1. The Morgan fingerprint density at radius 1 is 1.44 bits per heavy atom. The van der Waals surface area contributed by atoms with E-state index in [-0.39, 0.29) is 5.41 Å². The smallest absolute Gasteiger partial charge is 0.432 e. The van der Waals surface area contributed by atoms with E-state index in [1.54, 1.807) is 12.2 Å². The van der Waals surface area contributed by atoms with Gasteiger partial charge in [0.25, 0.3) is 0 Å². The van der Waals surface area contributed by atoms with Crippen molar-refractivity contribution in [3.63, 3.8) is 0 Å². The van der Waals surface area contributed by atoms with Crippen LogP contribution in [0, 0.1) is 5.41 Å². The lowest BCUT2D eigenvalue weighted by Gasteiger charge is -2.25. The first-order chi connectivity index (χ1) is 7.31. The first kappa shape index (κ1) is 12.5. The van der Waals surface area contributed by atoms with Gasteiger partial charge in [-0.25, -0.2) is 4.79 Å². The predicted octanol–water partition coefficient (Wildman–Crippen LogP) is 2.82. The second-order valence-electron chi connectivity index (χ2n) is 4.83. The van der Waals surface area contributed by atoms with Crippen LogP contribution in [0.25, 0.3) is 0 Å². The van der Waals surface area contributed by atoms with Gasteiger partial charge in [0, 0.05) is 0 Å². The molecular weight excluding hydrogens is 206 g/mol. The van der Waals surface area contributed by atoms with E-state index in [4.69, 9.17) is 5.11 Å². The summed E-state index contributed by atoms with van der Waals surface area (Å²) in [5, 5.41) is 18.5. The Kier molecular flexibility index (Phi) is 3.55. The molecule has 0 saturated heterocycles. The van der Waals surface area contributed by atoms with Crippen LogP contribution in [0.2, 0.25) is 0 Å². The number of hydroxylamine groups is 2. The summed E-state index contributed by atoms with van der Waals surface area (Å²) in [5.41, 5.74) is 0.711. The zero-order chi connectivity index (χ0) is 12.3. The second kappa shape index (κ2) is 4.53. The van der Waals surface area contributed by atoms with E-state index >= 15 is 0 Å². The van der Waals surface area contributed by atoms with Crippen molar-refractivity contribution in [1.29, 1.82) is 0 Å². The van der Waals surface area contributed by atoms with Gasteiger partial charge in [-0.05, 0) is 11.0 Å². The van der Waals surface area contributed by atoms with Gasteiger partial charge in [-0.2, -0.15) is 5.06 Å². The molecule has 0 saturated carbocycles. The molecule has 16 heavy (non-hydrogen) atoms. The van der Waals surface area contributed by atoms with E-state index in [0.717, 1.165) is 5.57 Å². The summed E-state index contributed by atoms with van der Waals surface area (Å²) in [5.74, 6) is 0. The summed E-state index contributed by atoms with van der Waals surface area (Å²) in [6.07, 6.45) is 7.59. The van der Waals surface area contributed by atoms with E-state index in [0.29, 0.717) is 5.06 Å². The van der Waals surface area contributed by atoms with Crippen LogP contribution in [0.1, 0.15) is 20.8 Å². The molecule has 0 aromatic heterocycles. The Hall–Kier alpha value is -1.55. The Balaban J connectivity index is 2.99. The van der Waals surface area contributed by atoms with E-state index in [2.05, 4.69) is 0 Å². The summed E-state index contributed by atoms with van der Waals surface area (Å²) < 4.78 is 0. The Morgan fingerprint density at radius 3 is 2.56 bits per heavy atom. The quantitative estimate of drug-likeness (QED) is 0.530. The van der Waals surface area contributed by atoms with E-state index < -0.39 is 12.1 Å². The third-order valence-electron chi connectivity index (χ3n) is 2.09.